The number of methoxy groups -OCH3 is 1. The molecule has 0 spiro atoms. The summed E-state index contributed by atoms with van der Waals surface area (Å²) in [6.07, 6.45) is -3.00. The average molecular weight is 429 g/mol. The van der Waals surface area contributed by atoms with Crippen molar-refractivity contribution in [2.45, 2.75) is 32.4 Å². The Morgan fingerprint density at radius 3 is 2.52 bits per heavy atom. The molecule has 0 bridgehead atoms. The predicted molar refractivity (Wildman–Crippen MR) is 109 cm³/mol. The van der Waals surface area contributed by atoms with Crippen LogP contribution >= 0.6 is 0 Å². The first-order chi connectivity index (χ1) is 14.7. The molecule has 1 heterocycles. The number of nitroso groups, excluding NO2 is 1. The molecule has 31 heavy (non-hydrogen) atoms. The van der Waals surface area contributed by atoms with Gasteiger partial charge in [0, 0.05) is 11.1 Å². The highest BCUT2D eigenvalue weighted by Gasteiger charge is 2.35. The number of benzene rings is 2. The largest absolute Gasteiger partial charge is 0.497 e. The van der Waals surface area contributed by atoms with E-state index in [1.54, 1.807) is 6.07 Å². The van der Waals surface area contributed by atoms with Crippen molar-refractivity contribution in [3.8, 4) is 22.7 Å². The molecule has 6 nitrogen and oxygen atoms in total. The molecular weight excluding hydrogens is 411 g/mol. The lowest BCUT2D eigenvalue weighted by Crippen LogP contribution is -2.28. The molecule has 3 aromatic rings. The van der Waals surface area contributed by atoms with Crippen LogP contribution in [0.25, 0.3) is 16.9 Å². The second-order valence-electron chi connectivity index (χ2n) is 7.41. The van der Waals surface area contributed by atoms with Gasteiger partial charge in [0.05, 0.1) is 24.1 Å². The van der Waals surface area contributed by atoms with Crippen LogP contribution < -0.4 is 10.3 Å². The van der Waals surface area contributed by atoms with Crippen LogP contribution in [0.1, 0.15) is 28.7 Å². The number of aromatic nitrogens is 2. The summed E-state index contributed by atoms with van der Waals surface area (Å²) < 4.78 is 47.1. The number of alkyl halides is 3. The third kappa shape index (κ3) is 3.71. The summed E-state index contributed by atoms with van der Waals surface area (Å²) in [5.41, 5.74) is 0.665. The lowest BCUT2D eigenvalue weighted by molar-refractivity contribution is -0.137. The first-order valence-electron chi connectivity index (χ1n) is 9.59. The Morgan fingerprint density at radius 2 is 1.84 bits per heavy atom. The molecule has 0 fully saturated rings. The van der Waals surface area contributed by atoms with E-state index >= 15 is 0 Å². The fourth-order valence-corrected chi connectivity index (χ4v) is 3.96. The Labute approximate surface area is 175 Å². The van der Waals surface area contributed by atoms with Crippen molar-refractivity contribution < 1.29 is 17.9 Å². The van der Waals surface area contributed by atoms with Crippen molar-refractivity contribution in [2.75, 3.05) is 7.11 Å². The van der Waals surface area contributed by atoms with Crippen molar-refractivity contribution in [3.63, 3.8) is 0 Å². The molecule has 4 rings (SSSR count). The number of fused-ring (bicyclic) bond motifs is 1. The molecule has 0 aliphatic heterocycles. The Kier molecular flexibility index (Phi) is 5.12. The minimum absolute atomic E-state index is 0.226. The molecule has 0 unspecified atom stereocenters. The maximum atomic E-state index is 13.7. The monoisotopic (exact) mass is 429 g/mol. The lowest BCUT2D eigenvalue weighted by atomic mass is 10.0. The number of hydrogen-bond donors (Lipinski definition) is 0. The van der Waals surface area contributed by atoms with E-state index in [1.165, 1.54) is 7.11 Å². The van der Waals surface area contributed by atoms with Crippen molar-refractivity contribution >= 4 is 5.69 Å². The molecule has 0 N–H and O–H groups in total. The molecule has 9 heteroatoms. The van der Waals surface area contributed by atoms with Gasteiger partial charge in [-0.25, -0.2) is 0 Å². The Bertz CT molecular complexity index is 1250. The van der Waals surface area contributed by atoms with Gasteiger partial charge in [0.1, 0.15) is 11.4 Å². The average Bonchev–Trinajstić information content (AvgIpc) is 3.23. The van der Waals surface area contributed by atoms with Crippen molar-refractivity contribution in [3.05, 3.63) is 73.9 Å². The zero-order valence-electron chi connectivity index (χ0n) is 16.8. The molecule has 1 aromatic heterocycles. The summed E-state index contributed by atoms with van der Waals surface area (Å²) >= 11 is 0. The van der Waals surface area contributed by atoms with E-state index < -0.39 is 23.0 Å². The summed E-state index contributed by atoms with van der Waals surface area (Å²) in [6, 6.07) is 8.03. The third-order valence-electron chi connectivity index (χ3n) is 5.33. The van der Waals surface area contributed by atoms with E-state index in [9.17, 15) is 22.9 Å². The molecule has 2 aromatic carbocycles. The van der Waals surface area contributed by atoms with E-state index in [0.29, 0.717) is 41.8 Å². The van der Waals surface area contributed by atoms with E-state index in [1.807, 2.05) is 19.1 Å². The summed E-state index contributed by atoms with van der Waals surface area (Å²) in [5, 5.41) is 7.08. The second-order valence-corrected chi connectivity index (χ2v) is 7.41. The molecule has 1 aliphatic rings. The van der Waals surface area contributed by atoms with E-state index in [0.717, 1.165) is 34.0 Å². The van der Waals surface area contributed by atoms with E-state index in [4.69, 9.17) is 4.74 Å². The fourth-order valence-electron chi connectivity index (χ4n) is 3.96. The second kappa shape index (κ2) is 7.64. The Morgan fingerprint density at radius 1 is 1.10 bits per heavy atom. The number of hydrogen-bond acceptors (Lipinski definition) is 5. The van der Waals surface area contributed by atoms with E-state index in [-0.39, 0.29) is 5.69 Å². The number of halogens is 3. The van der Waals surface area contributed by atoms with E-state index in [2.05, 4.69) is 10.3 Å². The number of aryl methyl sites for hydroxylation is 1. The first kappa shape index (κ1) is 20.8. The van der Waals surface area contributed by atoms with Gasteiger partial charge in [-0.3, -0.25) is 4.79 Å². The van der Waals surface area contributed by atoms with Crippen LogP contribution in [-0.4, -0.2) is 16.9 Å². The maximum Gasteiger partial charge on any atom is 0.418 e. The van der Waals surface area contributed by atoms with Gasteiger partial charge in [-0.1, -0.05) is 0 Å². The normalized spacial score (nSPS) is 13.2. The molecule has 0 amide bonds. The minimum atomic E-state index is -4.75. The van der Waals surface area contributed by atoms with Crippen molar-refractivity contribution in [1.82, 2.24) is 9.78 Å². The lowest BCUT2D eigenvalue weighted by Gasteiger charge is -2.17. The van der Waals surface area contributed by atoms with Crippen molar-refractivity contribution in [1.29, 1.82) is 0 Å². The van der Waals surface area contributed by atoms with Gasteiger partial charge in [-0.05, 0) is 78.9 Å². The van der Waals surface area contributed by atoms with Gasteiger partial charge >= 0.3 is 6.18 Å². The van der Waals surface area contributed by atoms with Crippen LogP contribution in [0.5, 0.6) is 5.75 Å². The highest BCUT2D eigenvalue weighted by atomic mass is 19.4. The molecule has 0 radical (unpaired) electrons. The zero-order chi connectivity index (χ0) is 22.3. The van der Waals surface area contributed by atoms with Gasteiger partial charge in [-0.15, -0.1) is 4.91 Å². The summed E-state index contributed by atoms with van der Waals surface area (Å²) in [7, 11) is 1.52. The van der Waals surface area contributed by atoms with Crippen LogP contribution in [-0.2, 0) is 19.0 Å². The SMILES string of the molecule is COc1cc(C)cc(-c2nn(-c3cc(N=O)ccc3C(F)(F)F)c(=O)c3c2CCC3)c1. The zero-order valence-corrected chi connectivity index (χ0v) is 16.8. The van der Waals surface area contributed by atoms with Crippen LogP contribution in [0.4, 0.5) is 18.9 Å². The third-order valence-corrected chi connectivity index (χ3v) is 5.33. The van der Waals surface area contributed by atoms with Gasteiger partial charge in [0.25, 0.3) is 5.56 Å². The van der Waals surface area contributed by atoms with Crippen molar-refractivity contribution in [2.24, 2.45) is 5.18 Å². The standard InChI is InChI=1S/C22H18F3N3O3/c1-12-8-13(10-15(9-12)31-2)20-16-4-3-5-17(16)21(29)28(26-20)19-11-14(27-30)6-7-18(19)22(23,24)25/h6-11H,3-5H2,1-2H3. The summed E-state index contributed by atoms with van der Waals surface area (Å²) in [5.74, 6) is 0.574. The smallest absolute Gasteiger partial charge is 0.418 e. The predicted octanol–water partition coefficient (Wildman–Crippen LogP) is 5.12. The van der Waals surface area contributed by atoms with Gasteiger partial charge in [0.15, 0.2) is 0 Å². The molecule has 0 atom stereocenters. The fraction of sp³-hybridized carbons (Fsp3) is 0.273. The summed E-state index contributed by atoms with van der Waals surface area (Å²) in [4.78, 5) is 24.1. The van der Waals surface area contributed by atoms with Gasteiger partial charge in [-0.2, -0.15) is 23.0 Å². The summed E-state index contributed by atoms with van der Waals surface area (Å²) in [6.45, 7) is 1.86. The minimum Gasteiger partial charge on any atom is -0.497 e. The molecule has 160 valence electrons. The maximum absolute atomic E-state index is 13.7. The highest BCUT2D eigenvalue weighted by molar-refractivity contribution is 5.68. The van der Waals surface area contributed by atoms with Crippen LogP contribution in [0, 0.1) is 11.8 Å². The Hall–Kier alpha value is -3.49. The topological polar surface area (TPSA) is 73.5 Å². The number of rotatable bonds is 4. The molecular formula is C22H18F3N3O3. The number of nitrogens with zero attached hydrogens (tertiary/aromatic N) is 3. The number of ether oxygens (including phenoxy) is 1. The molecule has 1 aliphatic carbocycles. The van der Waals surface area contributed by atoms with Crippen LogP contribution in [0.15, 0.2) is 46.4 Å². The van der Waals surface area contributed by atoms with Crippen LogP contribution in [0.2, 0.25) is 0 Å². The highest BCUT2D eigenvalue weighted by Crippen LogP contribution is 2.37. The first-order valence-corrected chi connectivity index (χ1v) is 9.59. The quantitative estimate of drug-likeness (QED) is 0.540. The Balaban J connectivity index is 2.05. The molecule has 0 saturated heterocycles. The van der Waals surface area contributed by atoms with Gasteiger partial charge in [0.2, 0.25) is 0 Å². The van der Waals surface area contributed by atoms with Gasteiger partial charge < -0.3 is 4.74 Å². The van der Waals surface area contributed by atoms with Crippen LogP contribution in [0.3, 0.4) is 0 Å². The molecule has 0 saturated carbocycles.